The number of hydrogen-bond acceptors (Lipinski definition) is 4. The van der Waals surface area contributed by atoms with Gasteiger partial charge in [-0.05, 0) is 44.2 Å². The van der Waals surface area contributed by atoms with Crippen LogP contribution in [0.4, 0.5) is 0 Å². The summed E-state index contributed by atoms with van der Waals surface area (Å²) in [5.74, 6) is 1.33. The summed E-state index contributed by atoms with van der Waals surface area (Å²) >= 11 is 0. The molecule has 0 N–H and O–H groups in total. The SMILES string of the molecule is Cc1nn(C)c(C)c1/C=C/C(=O)N(Cc1ccco1)Cc1ccco1. The zero-order valence-corrected chi connectivity index (χ0v) is 14.6. The number of rotatable bonds is 6. The summed E-state index contributed by atoms with van der Waals surface area (Å²) in [6, 6.07) is 7.31. The number of hydrogen-bond donors (Lipinski definition) is 0. The molecule has 3 aromatic rings. The van der Waals surface area contributed by atoms with Crippen LogP contribution in [0.2, 0.25) is 0 Å². The quantitative estimate of drug-likeness (QED) is 0.645. The molecule has 130 valence electrons. The van der Waals surface area contributed by atoms with Crippen molar-refractivity contribution in [2.24, 2.45) is 7.05 Å². The van der Waals surface area contributed by atoms with Crippen molar-refractivity contribution < 1.29 is 13.6 Å². The van der Waals surface area contributed by atoms with Crippen molar-refractivity contribution in [3.63, 3.8) is 0 Å². The molecule has 0 bridgehead atoms. The molecule has 0 radical (unpaired) electrons. The minimum Gasteiger partial charge on any atom is -0.467 e. The van der Waals surface area contributed by atoms with Crippen LogP contribution in [0.15, 0.2) is 51.7 Å². The Morgan fingerprint density at radius 2 is 1.76 bits per heavy atom. The summed E-state index contributed by atoms with van der Waals surface area (Å²) in [6.45, 7) is 4.66. The Morgan fingerprint density at radius 1 is 1.16 bits per heavy atom. The number of carbonyl (C=O) groups is 1. The number of nitrogens with zero attached hydrogens (tertiary/aromatic N) is 3. The van der Waals surface area contributed by atoms with Crippen LogP contribution >= 0.6 is 0 Å². The highest BCUT2D eigenvalue weighted by atomic mass is 16.3. The standard InChI is InChI=1S/C19H21N3O3/c1-14-18(15(2)21(3)20-14)8-9-19(23)22(12-16-6-4-10-24-16)13-17-7-5-11-25-17/h4-11H,12-13H2,1-3H3/b9-8+. The molecule has 0 aliphatic carbocycles. The maximum absolute atomic E-state index is 12.7. The Bertz CT molecular complexity index is 822. The van der Waals surface area contributed by atoms with E-state index in [1.807, 2.05) is 55.9 Å². The molecule has 0 aromatic carbocycles. The van der Waals surface area contributed by atoms with Gasteiger partial charge in [0.2, 0.25) is 5.91 Å². The van der Waals surface area contributed by atoms with Crippen LogP contribution in [0.25, 0.3) is 6.08 Å². The molecule has 3 rings (SSSR count). The monoisotopic (exact) mass is 339 g/mol. The Morgan fingerprint density at radius 3 is 2.20 bits per heavy atom. The van der Waals surface area contributed by atoms with E-state index in [1.165, 1.54) is 0 Å². The highest BCUT2D eigenvalue weighted by Gasteiger charge is 2.15. The molecule has 0 aliphatic rings. The predicted octanol–water partition coefficient (Wildman–Crippen LogP) is 3.47. The average molecular weight is 339 g/mol. The molecule has 0 spiro atoms. The number of amides is 1. The number of carbonyl (C=O) groups excluding carboxylic acids is 1. The fourth-order valence-electron chi connectivity index (χ4n) is 2.68. The average Bonchev–Trinajstić information content (AvgIpc) is 3.31. The number of furan rings is 2. The first-order valence-electron chi connectivity index (χ1n) is 8.06. The summed E-state index contributed by atoms with van der Waals surface area (Å²) in [5, 5.41) is 4.37. The van der Waals surface area contributed by atoms with Gasteiger partial charge in [0.05, 0.1) is 31.3 Å². The fraction of sp³-hybridized carbons (Fsp3) is 0.263. The van der Waals surface area contributed by atoms with Gasteiger partial charge in [0.25, 0.3) is 0 Å². The molecule has 0 aliphatic heterocycles. The van der Waals surface area contributed by atoms with E-state index in [-0.39, 0.29) is 5.91 Å². The minimum atomic E-state index is -0.115. The summed E-state index contributed by atoms with van der Waals surface area (Å²) in [6.07, 6.45) is 6.59. The van der Waals surface area contributed by atoms with E-state index in [0.717, 1.165) is 28.5 Å². The van der Waals surface area contributed by atoms with E-state index >= 15 is 0 Å². The molecule has 0 fully saturated rings. The normalized spacial score (nSPS) is 11.3. The number of aryl methyl sites for hydroxylation is 2. The summed E-state index contributed by atoms with van der Waals surface area (Å²) in [4.78, 5) is 14.4. The Balaban J connectivity index is 1.79. The Hall–Kier alpha value is -3.02. The van der Waals surface area contributed by atoms with E-state index in [4.69, 9.17) is 8.83 Å². The molecule has 0 unspecified atom stereocenters. The maximum atomic E-state index is 12.7. The fourth-order valence-corrected chi connectivity index (χ4v) is 2.68. The molecule has 0 saturated heterocycles. The Kier molecular flexibility index (Phi) is 4.88. The third-order valence-corrected chi connectivity index (χ3v) is 4.12. The summed E-state index contributed by atoms with van der Waals surface area (Å²) in [7, 11) is 1.89. The molecule has 1 amide bonds. The smallest absolute Gasteiger partial charge is 0.247 e. The van der Waals surface area contributed by atoms with Crippen molar-refractivity contribution in [1.82, 2.24) is 14.7 Å². The third-order valence-electron chi connectivity index (χ3n) is 4.12. The van der Waals surface area contributed by atoms with Crippen molar-refractivity contribution in [1.29, 1.82) is 0 Å². The lowest BCUT2D eigenvalue weighted by atomic mass is 10.2. The van der Waals surface area contributed by atoms with Crippen LogP contribution in [0.5, 0.6) is 0 Å². The molecule has 3 heterocycles. The van der Waals surface area contributed by atoms with Gasteiger partial charge in [0.15, 0.2) is 0 Å². The summed E-state index contributed by atoms with van der Waals surface area (Å²) in [5.41, 5.74) is 2.88. The van der Waals surface area contributed by atoms with Crippen LogP contribution in [-0.4, -0.2) is 20.6 Å². The van der Waals surface area contributed by atoms with Gasteiger partial charge in [-0.2, -0.15) is 5.10 Å². The van der Waals surface area contributed by atoms with Crippen molar-refractivity contribution in [2.75, 3.05) is 0 Å². The van der Waals surface area contributed by atoms with Gasteiger partial charge >= 0.3 is 0 Å². The molecule has 0 atom stereocenters. The van der Waals surface area contributed by atoms with Gasteiger partial charge in [0, 0.05) is 24.4 Å². The highest BCUT2D eigenvalue weighted by Crippen LogP contribution is 2.16. The second-order valence-electron chi connectivity index (χ2n) is 5.89. The molecule has 6 heteroatoms. The van der Waals surface area contributed by atoms with Crippen molar-refractivity contribution in [3.8, 4) is 0 Å². The lowest BCUT2D eigenvalue weighted by molar-refractivity contribution is -0.127. The van der Waals surface area contributed by atoms with Crippen LogP contribution in [-0.2, 0) is 24.9 Å². The molecular formula is C19H21N3O3. The lowest BCUT2D eigenvalue weighted by Gasteiger charge is -2.18. The first kappa shape index (κ1) is 16.8. The van der Waals surface area contributed by atoms with Gasteiger partial charge in [-0.1, -0.05) is 0 Å². The van der Waals surface area contributed by atoms with Gasteiger partial charge in [-0.25, -0.2) is 0 Å². The molecular weight excluding hydrogens is 318 g/mol. The largest absolute Gasteiger partial charge is 0.467 e. The molecule has 3 aromatic heterocycles. The van der Waals surface area contributed by atoms with Crippen molar-refractivity contribution in [2.45, 2.75) is 26.9 Å². The topological polar surface area (TPSA) is 64.4 Å². The maximum Gasteiger partial charge on any atom is 0.247 e. The van der Waals surface area contributed by atoms with Gasteiger partial charge in [-0.3, -0.25) is 9.48 Å². The highest BCUT2D eigenvalue weighted by molar-refractivity contribution is 5.92. The van der Waals surface area contributed by atoms with Gasteiger partial charge < -0.3 is 13.7 Å². The Labute approximate surface area is 146 Å². The van der Waals surface area contributed by atoms with E-state index < -0.39 is 0 Å². The third kappa shape index (κ3) is 3.91. The van der Waals surface area contributed by atoms with Crippen LogP contribution in [0.3, 0.4) is 0 Å². The minimum absolute atomic E-state index is 0.115. The second kappa shape index (κ2) is 7.25. The van der Waals surface area contributed by atoms with Gasteiger partial charge in [-0.15, -0.1) is 0 Å². The van der Waals surface area contributed by atoms with E-state index in [1.54, 1.807) is 23.5 Å². The summed E-state index contributed by atoms with van der Waals surface area (Å²) < 4.78 is 12.6. The number of aromatic nitrogens is 2. The first-order chi connectivity index (χ1) is 12.0. The van der Waals surface area contributed by atoms with Crippen molar-refractivity contribution in [3.05, 3.63) is 71.3 Å². The molecule has 25 heavy (non-hydrogen) atoms. The zero-order chi connectivity index (χ0) is 17.8. The predicted molar refractivity (Wildman–Crippen MR) is 93.4 cm³/mol. The van der Waals surface area contributed by atoms with Crippen molar-refractivity contribution >= 4 is 12.0 Å². The van der Waals surface area contributed by atoms with E-state index in [2.05, 4.69) is 5.10 Å². The molecule has 0 saturated carbocycles. The first-order valence-corrected chi connectivity index (χ1v) is 8.06. The van der Waals surface area contributed by atoms with Crippen LogP contribution in [0, 0.1) is 13.8 Å². The van der Waals surface area contributed by atoms with Crippen LogP contribution < -0.4 is 0 Å². The van der Waals surface area contributed by atoms with Gasteiger partial charge in [0.1, 0.15) is 11.5 Å². The zero-order valence-electron chi connectivity index (χ0n) is 14.6. The van der Waals surface area contributed by atoms with Crippen LogP contribution in [0.1, 0.15) is 28.5 Å². The second-order valence-corrected chi connectivity index (χ2v) is 5.89. The molecule has 6 nitrogen and oxygen atoms in total. The van der Waals surface area contributed by atoms with E-state index in [0.29, 0.717) is 13.1 Å². The lowest BCUT2D eigenvalue weighted by Crippen LogP contribution is -2.28. The van der Waals surface area contributed by atoms with E-state index in [9.17, 15) is 4.79 Å².